The standard InChI is InChI=1S/C12H14N2S/c15-11-13-8-7-12(14-11)6-5-9-3-1-2-4-10(9)12/h1-4H,5-8H2,(H2,13,14,15). The molecule has 1 heterocycles. The predicted octanol–water partition coefficient (Wildman–Crippen LogP) is 1.70. The van der Waals surface area contributed by atoms with Gasteiger partial charge < -0.3 is 10.6 Å². The third kappa shape index (κ3) is 1.34. The normalized spacial score (nSPS) is 28.4. The zero-order valence-electron chi connectivity index (χ0n) is 8.55. The van der Waals surface area contributed by atoms with Crippen LogP contribution in [0.4, 0.5) is 0 Å². The molecule has 1 spiro atoms. The molecule has 0 bridgehead atoms. The zero-order chi connectivity index (χ0) is 10.3. The zero-order valence-corrected chi connectivity index (χ0v) is 9.36. The van der Waals surface area contributed by atoms with E-state index in [9.17, 15) is 0 Å². The Morgan fingerprint density at radius 2 is 2.07 bits per heavy atom. The van der Waals surface area contributed by atoms with Crippen LogP contribution in [0.25, 0.3) is 0 Å². The molecule has 1 atom stereocenters. The molecule has 0 amide bonds. The van der Waals surface area contributed by atoms with Gasteiger partial charge in [0.1, 0.15) is 0 Å². The van der Waals surface area contributed by atoms with Crippen LogP contribution < -0.4 is 10.6 Å². The van der Waals surface area contributed by atoms with Crippen molar-refractivity contribution in [3.8, 4) is 0 Å². The molecule has 1 saturated heterocycles. The fraction of sp³-hybridized carbons (Fsp3) is 0.417. The number of rotatable bonds is 0. The summed E-state index contributed by atoms with van der Waals surface area (Å²) in [5.41, 5.74) is 3.06. The minimum absolute atomic E-state index is 0.124. The first-order valence-corrected chi connectivity index (χ1v) is 5.85. The van der Waals surface area contributed by atoms with Gasteiger partial charge in [-0.1, -0.05) is 24.3 Å². The highest BCUT2D eigenvalue weighted by atomic mass is 32.1. The van der Waals surface area contributed by atoms with Gasteiger partial charge in [0, 0.05) is 6.54 Å². The molecule has 1 aliphatic carbocycles. The highest BCUT2D eigenvalue weighted by Gasteiger charge is 2.40. The van der Waals surface area contributed by atoms with E-state index in [4.69, 9.17) is 12.2 Å². The topological polar surface area (TPSA) is 24.1 Å². The van der Waals surface area contributed by atoms with Gasteiger partial charge in [-0.25, -0.2) is 0 Å². The maximum absolute atomic E-state index is 5.22. The summed E-state index contributed by atoms with van der Waals surface area (Å²) in [5.74, 6) is 0. The average Bonchev–Trinajstić information content (AvgIpc) is 2.59. The highest BCUT2D eigenvalue weighted by Crippen LogP contribution is 2.39. The van der Waals surface area contributed by atoms with Crippen molar-refractivity contribution in [3.05, 3.63) is 35.4 Å². The van der Waals surface area contributed by atoms with Crippen LogP contribution in [0, 0.1) is 0 Å². The SMILES string of the molecule is S=C1NCCC2(CCc3ccccc32)N1. The molecule has 2 N–H and O–H groups in total. The molecule has 0 aromatic heterocycles. The minimum Gasteiger partial charge on any atom is -0.363 e. The Hall–Kier alpha value is -1.09. The third-order valence-electron chi connectivity index (χ3n) is 3.54. The van der Waals surface area contributed by atoms with Crippen molar-refractivity contribution in [1.82, 2.24) is 10.6 Å². The van der Waals surface area contributed by atoms with Gasteiger partial charge in [-0.3, -0.25) is 0 Å². The van der Waals surface area contributed by atoms with Gasteiger partial charge in [0.2, 0.25) is 0 Å². The van der Waals surface area contributed by atoms with E-state index in [0.717, 1.165) is 18.1 Å². The molecule has 1 fully saturated rings. The highest BCUT2D eigenvalue weighted by molar-refractivity contribution is 7.80. The maximum atomic E-state index is 5.22. The Kier molecular flexibility index (Phi) is 1.96. The first-order chi connectivity index (χ1) is 7.30. The summed E-state index contributed by atoms with van der Waals surface area (Å²) in [6.45, 7) is 0.986. The number of aryl methyl sites for hydroxylation is 1. The molecule has 1 unspecified atom stereocenters. The molecule has 1 aliphatic heterocycles. The first-order valence-electron chi connectivity index (χ1n) is 5.45. The molecule has 3 rings (SSSR count). The molecule has 2 nitrogen and oxygen atoms in total. The lowest BCUT2D eigenvalue weighted by molar-refractivity contribution is 0.336. The second-order valence-electron chi connectivity index (χ2n) is 4.37. The predicted molar refractivity (Wildman–Crippen MR) is 64.8 cm³/mol. The van der Waals surface area contributed by atoms with Crippen molar-refractivity contribution in [2.45, 2.75) is 24.8 Å². The van der Waals surface area contributed by atoms with Crippen molar-refractivity contribution in [2.24, 2.45) is 0 Å². The number of fused-ring (bicyclic) bond motifs is 2. The van der Waals surface area contributed by atoms with Crippen molar-refractivity contribution in [1.29, 1.82) is 0 Å². The monoisotopic (exact) mass is 218 g/mol. The van der Waals surface area contributed by atoms with Crippen LogP contribution in [0.1, 0.15) is 24.0 Å². The molecule has 0 radical (unpaired) electrons. The Morgan fingerprint density at radius 1 is 1.20 bits per heavy atom. The first kappa shape index (κ1) is 9.16. The van der Waals surface area contributed by atoms with Crippen LogP contribution in [0.3, 0.4) is 0 Å². The van der Waals surface area contributed by atoms with Crippen LogP contribution in [-0.2, 0) is 12.0 Å². The Labute approximate surface area is 95.1 Å². The van der Waals surface area contributed by atoms with E-state index in [-0.39, 0.29) is 5.54 Å². The smallest absolute Gasteiger partial charge is 0.166 e. The van der Waals surface area contributed by atoms with Gasteiger partial charge in [-0.2, -0.15) is 0 Å². The number of benzene rings is 1. The second-order valence-corrected chi connectivity index (χ2v) is 4.78. The van der Waals surface area contributed by atoms with Gasteiger partial charge >= 0.3 is 0 Å². The summed E-state index contributed by atoms with van der Waals surface area (Å²) < 4.78 is 0. The Morgan fingerprint density at radius 3 is 2.93 bits per heavy atom. The average molecular weight is 218 g/mol. The van der Waals surface area contributed by atoms with Crippen LogP contribution in [-0.4, -0.2) is 11.7 Å². The molecular weight excluding hydrogens is 204 g/mol. The van der Waals surface area contributed by atoms with Crippen molar-refractivity contribution >= 4 is 17.3 Å². The molecule has 1 aromatic rings. The fourth-order valence-electron chi connectivity index (χ4n) is 2.79. The molecule has 15 heavy (non-hydrogen) atoms. The number of nitrogens with one attached hydrogen (secondary N) is 2. The van der Waals surface area contributed by atoms with E-state index in [1.807, 2.05) is 0 Å². The summed E-state index contributed by atoms with van der Waals surface area (Å²) in [6, 6.07) is 8.72. The largest absolute Gasteiger partial charge is 0.363 e. The fourth-order valence-corrected chi connectivity index (χ4v) is 3.09. The summed E-state index contributed by atoms with van der Waals surface area (Å²) >= 11 is 5.22. The van der Waals surface area contributed by atoms with E-state index in [1.54, 1.807) is 0 Å². The van der Waals surface area contributed by atoms with Crippen LogP contribution in [0.5, 0.6) is 0 Å². The van der Waals surface area contributed by atoms with Crippen LogP contribution in [0.2, 0.25) is 0 Å². The van der Waals surface area contributed by atoms with Crippen molar-refractivity contribution in [3.63, 3.8) is 0 Å². The number of hydrogen-bond acceptors (Lipinski definition) is 1. The molecule has 1 aromatic carbocycles. The quantitative estimate of drug-likeness (QED) is 0.648. The summed E-state index contributed by atoms with van der Waals surface area (Å²) in [6.07, 6.45) is 3.48. The summed E-state index contributed by atoms with van der Waals surface area (Å²) in [7, 11) is 0. The van der Waals surface area contributed by atoms with Gasteiger partial charge in [-0.15, -0.1) is 0 Å². The van der Waals surface area contributed by atoms with E-state index >= 15 is 0 Å². The lowest BCUT2D eigenvalue weighted by atomic mass is 9.87. The Balaban J connectivity index is 2.04. The van der Waals surface area contributed by atoms with E-state index in [0.29, 0.717) is 0 Å². The minimum atomic E-state index is 0.124. The summed E-state index contributed by atoms with van der Waals surface area (Å²) in [5, 5.41) is 7.46. The van der Waals surface area contributed by atoms with Gasteiger partial charge in [-0.05, 0) is 42.6 Å². The number of thiocarbonyl (C=S) groups is 1. The third-order valence-corrected chi connectivity index (χ3v) is 3.79. The van der Waals surface area contributed by atoms with Crippen molar-refractivity contribution < 1.29 is 0 Å². The molecule has 3 heteroatoms. The second kappa shape index (κ2) is 3.20. The lowest BCUT2D eigenvalue weighted by Crippen LogP contribution is -2.55. The van der Waals surface area contributed by atoms with Crippen LogP contribution in [0.15, 0.2) is 24.3 Å². The van der Waals surface area contributed by atoms with Gasteiger partial charge in [0.15, 0.2) is 5.11 Å². The summed E-state index contributed by atoms with van der Waals surface area (Å²) in [4.78, 5) is 0. The van der Waals surface area contributed by atoms with Crippen molar-refractivity contribution in [2.75, 3.05) is 6.54 Å². The van der Waals surface area contributed by atoms with E-state index in [2.05, 4.69) is 34.9 Å². The molecular formula is C12H14N2S. The maximum Gasteiger partial charge on any atom is 0.166 e. The molecule has 78 valence electrons. The molecule has 0 saturated carbocycles. The van der Waals surface area contributed by atoms with Gasteiger partial charge in [0.05, 0.1) is 5.54 Å². The van der Waals surface area contributed by atoms with E-state index < -0.39 is 0 Å². The molecule has 2 aliphatic rings. The number of hydrogen-bond donors (Lipinski definition) is 2. The van der Waals surface area contributed by atoms with Gasteiger partial charge in [0.25, 0.3) is 0 Å². The Bertz CT molecular complexity index is 412. The lowest BCUT2D eigenvalue weighted by Gasteiger charge is -2.37. The van der Waals surface area contributed by atoms with Crippen LogP contribution >= 0.6 is 12.2 Å². The van der Waals surface area contributed by atoms with E-state index in [1.165, 1.54) is 24.0 Å².